The van der Waals surface area contributed by atoms with E-state index in [9.17, 15) is 0 Å². The van der Waals surface area contributed by atoms with Gasteiger partial charge in [-0.25, -0.2) is 0 Å². The third kappa shape index (κ3) is 1.71. The Hall–Kier alpha value is -0.570. The minimum atomic E-state index is 0.975. The van der Waals surface area contributed by atoms with Gasteiger partial charge in [-0.15, -0.1) is 0 Å². The largest absolute Gasteiger partial charge is 0.371 e. The second-order valence-corrected chi connectivity index (χ2v) is 3.24. The van der Waals surface area contributed by atoms with Crippen molar-refractivity contribution in [2.45, 2.75) is 12.8 Å². The molecule has 1 N–H and O–H groups in total. The average Bonchev–Trinajstić information content (AvgIpc) is 2.60. The molecule has 2 rings (SSSR count). The van der Waals surface area contributed by atoms with Crippen molar-refractivity contribution in [3.63, 3.8) is 0 Å². The molecule has 0 radical (unpaired) electrons. The van der Waals surface area contributed by atoms with Gasteiger partial charge in [0.25, 0.3) is 0 Å². The summed E-state index contributed by atoms with van der Waals surface area (Å²) in [6.45, 7) is 5.60. The number of rotatable bonds is 2. The van der Waals surface area contributed by atoms with Gasteiger partial charge in [0.15, 0.2) is 0 Å². The molecule has 0 bridgehead atoms. The molecule has 0 aromatic heterocycles. The van der Waals surface area contributed by atoms with Crippen molar-refractivity contribution in [1.82, 2.24) is 10.2 Å². The number of likely N-dealkylation sites (tertiary alicyclic amines) is 1. The lowest BCUT2D eigenvalue weighted by molar-refractivity contribution is 0.386. The third-order valence-electron chi connectivity index (χ3n) is 2.32. The predicted octanol–water partition coefficient (Wildman–Crippen LogP) is 0.0839. The summed E-state index contributed by atoms with van der Waals surface area (Å²) in [6.07, 6.45) is 2.74. The standard InChI is InChI=1S/C8H15N3/c1-2-6-11(5-1)7-8-9-3-4-10-8/h1-7H2,(H,9,10). The highest BCUT2D eigenvalue weighted by molar-refractivity contribution is 5.85. The summed E-state index contributed by atoms with van der Waals surface area (Å²) in [5.41, 5.74) is 0. The third-order valence-corrected chi connectivity index (χ3v) is 2.32. The smallest absolute Gasteiger partial charge is 0.111 e. The van der Waals surface area contributed by atoms with Gasteiger partial charge >= 0.3 is 0 Å². The van der Waals surface area contributed by atoms with Crippen molar-refractivity contribution in [1.29, 1.82) is 0 Å². The molecule has 0 unspecified atom stereocenters. The Kier molecular flexibility index (Phi) is 2.08. The molecule has 62 valence electrons. The lowest BCUT2D eigenvalue weighted by Crippen LogP contribution is -2.33. The maximum absolute atomic E-state index is 4.36. The molecule has 0 amide bonds. The summed E-state index contributed by atoms with van der Waals surface area (Å²) in [5.74, 6) is 1.20. The van der Waals surface area contributed by atoms with Crippen LogP contribution in [0.1, 0.15) is 12.8 Å². The molecular weight excluding hydrogens is 138 g/mol. The molecule has 0 saturated carbocycles. The monoisotopic (exact) mass is 153 g/mol. The average molecular weight is 153 g/mol. The van der Waals surface area contributed by atoms with E-state index in [-0.39, 0.29) is 0 Å². The van der Waals surface area contributed by atoms with Crippen molar-refractivity contribution < 1.29 is 0 Å². The Morgan fingerprint density at radius 1 is 1.36 bits per heavy atom. The fraction of sp³-hybridized carbons (Fsp3) is 0.875. The van der Waals surface area contributed by atoms with Crippen LogP contribution in [0, 0.1) is 0 Å². The molecule has 0 aromatic rings. The van der Waals surface area contributed by atoms with Crippen molar-refractivity contribution in [3.05, 3.63) is 0 Å². The molecule has 0 atom stereocenters. The van der Waals surface area contributed by atoms with E-state index in [1.54, 1.807) is 0 Å². The molecule has 2 heterocycles. The zero-order chi connectivity index (χ0) is 7.52. The fourth-order valence-corrected chi connectivity index (χ4v) is 1.71. The van der Waals surface area contributed by atoms with Crippen LogP contribution in [0.3, 0.4) is 0 Å². The summed E-state index contributed by atoms with van der Waals surface area (Å²) in [4.78, 5) is 6.83. The Labute approximate surface area is 67.5 Å². The molecule has 3 heteroatoms. The Morgan fingerprint density at radius 2 is 2.18 bits per heavy atom. The first-order chi connectivity index (χ1) is 5.45. The van der Waals surface area contributed by atoms with Gasteiger partial charge in [-0.2, -0.15) is 0 Å². The zero-order valence-corrected chi connectivity index (χ0v) is 6.84. The maximum atomic E-state index is 4.36. The minimum Gasteiger partial charge on any atom is -0.371 e. The van der Waals surface area contributed by atoms with E-state index in [1.807, 2.05) is 0 Å². The van der Waals surface area contributed by atoms with Gasteiger partial charge in [0.2, 0.25) is 0 Å². The van der Waals surface area contributed by atoms with Gasteiger partial charge in [-0.3, -0.25) is 9.89 Å². The number of hydrogen-bond acceptors (Lipinski definition) is 3. The van der Waals surface area contributed by atoms with Crippen molar-refractivity contribution in [2.24, 2.45) is 4.99 Å². The topological polar surface area (TPSA) is 27.6 Å². The van der Waals surface area contributed by atoms with Gasteiger partial charge < -0.3 is 5.32 Å². The second-order valence-electron chi connectivity index (χ2n) is 3.24. The van der Waals surface area contributed by atoms with Crippen molar-refractivity contribution in [2.75, 3.05) is 32.7 Å². The number of aliphatic imine (C=N–C) groups is 1. The number of nitrogens with one attached hydrogen (secondary N) is 1. The van der Waals surface area contributed by atoms with Gasteiger partial charge in [0.05, 0.1) is 13.1 Å². The first-order valence-electron chi connectivity index (χ1n) is 4.45. The second kappa shape index (κ2) is 3.22. The first-order valence-corrected chi connectivity index (χ1v) is 4.45. The fourth-order valence-electron chi connectivity index (χ4n) is 1.71. The Balaban J connectivity index is 1.79. The summed E-state index contributed by atoms with van der Waals surface area (Å²) in [7, 11) is 0. The van der Waals surface area contributed by atoms with E-state index in [2.05, 4.69) is 15.2 Å². The van der Waals surface area contributed by atoms with Crippen LogP contribution in [0.4, 0.5) is 0 Å². The zero-order valence-electron chi connectivity index (χ0n) is 6.84. The molecular formula is C8H15N3. The quantitative estimate of drug-likeness (QED) is 0.608. The SMILES string of the molecule is C1CCN(CC2=NCCN2)C1. The molecule has 2 aliphatic heterocycles. The Bertz CT molecular complexity index is 159. The summed E-state index contributed by atoms with van der Waals surface area (Å²) >= 11 is 0. The highest BCUT2D eigenvalue weighted by atomic mass is 15.2. The minimum absolute atomic E-state index is 0.975. The van der Waals surface area contributed by atoms with E-state index in [4.69, 9.17) is 0 Å². The van der Waals surface area contributed by atoms with Crippen molar-refractivity contribution in [3.8, 4) is 0 Å². The number of hydrogen-bond donors (Lipinski definition) is 1. The number of amidine groups is 1. The van der Waals surface area contributed by atoms with Crippen LogP contribution in [0.2, 0.25) is 0 Å². The van der Waals surface area contributed by atoms with Crippen LogP contribution in [-0.4, -0.2) is 43.5 Å². The van der Waals surface area contributed by atoms with Gasteiger partial charge in [0, 0.05) is 6.54 Å². The molecule has 1 fully saturated rings. The normalized spacial score (nSPS) is 25.3. The highest BCUT2D eigenvalue weighted by Crippen LogP contribution is 2.06. The Morgan fingerprint density at radius 3 is 2.82 bits per heavy atom. The highest BCUT2D eigenvalue weighted by Gasteiger charge is 2.14. The molecule has 0 aliphatic carbocycles. The van der Waals surface area contributed by atoms with Gasteiger partial charge in [0.1, 0.15) is 5.84 Å². The van der Waals surface area contributed by atoms with Crippen molar-refractivity contribution >= 4 is 5.84 Å². The molecule has 2 aliphatic rings. The van der Waals surface area contributed by atoms with Crippen LogP contribution in [0.25, 0.3) is 0 Å². The molecule has 1 saturated heterocycles. The summed E-state index contributed by atoms with van der Waals surface area (Å²) < 4.78 is 0. The lowest BCUT2D eigenvalue weighted by atomic mass is 10.4. The van der Waals surface area contributed by atoms with E-state index >= 15 is 0 Å². The first kappa shape index (κ1) is 7.10. The van der Waals surface area contributed by atoms with Crippen LogP contribution in [0.5, 0.6) is 0 Å². The number of nitrogens with zero attached hydrogens (tertiary/aromatic N) is 2. The van der Waals surface area contributed by atoms with E-state index < -0.39 is 0 Å². The van der Waals surface area contributed by atoms with Crippen LogP contribution in [0.15, 0.2) is 4.99 Å². The van der Waals surface area contributed by atoms with Crippen LogP contribution in [-0.2, 0) is 0 Å². The maximum Gasteiger partial charge on any atom is 0.111 e. The summed E-state index contributed by atoms with van der Waals surface area (Å²) in [5, 5.41) is 3.29. The lowest BCUT2D eigenvalue weighted by Gasteiger charge is -2.13. The molecule has 3 nitrogen and oxygen atoms in total. The summed E-state index contributed by atoms with van der Waals surface area (Å²) in [6, 6.07) is 0. The van der Waals surface area contributed by atoms with Crippen LogP contribution >= 0.6 is 0 Å². The molecule has 11 heavy (non-hydrogen) atoms. The van der Waals surface area contributed by atoms with Gasteiger partial charge in [-0.05, 0) is 25.9 Å². The van der Waals surface area contributed by atoms with Gasteiger partial charge in [-0.1, -0.05) is 0 Å². The van der Waals surface area contributed by atoms with E-state index in [0.717, 1.165) is 19.6 Å². The molecule has 0 spiro atoms. The molecule has 0 aromatic carbocycles. The predicted molar refractivity (Wildman–Crippen MR) is 46.0 cm³/mol. The van der Waals surface area contributed by atoms with E-state index in [0.29, 0.717) is 0 Å². The van der Waals surface area contributed by atoms with Crippen LogP contribution < -0.4 is 5.32 Å². The van der Waals surface area contributed by atoms with E-state index in [1.165, 1.54) is 31.8 Å².